The molecule has 0 bridgehead atoms. The van der Waals surface area contributed by atoms with Crippen LogP contribution in [-0.2, 0) is 34.9 Å². The fourth-order valence-electron chi connectivity index (χ4n) is 4.00. The number of hydrogen-bond acceptors (Lipinski definition) is 7. The molecule has 7 nitrogen and oxygen atoms in total. The summed E-state index contributed by atoms with van der Waals surface area (Å²) in [5.74, 6) is 0.747. The van der Waals surface area contributed by atoms with Crippen molar-refractivity contribution in [3.8, 4) is 5.75 Å². The molecule has 0 saturated carbocycles. The van der Waals surface area contributed by atoms with Crippen LogP contribution in [0.15, 0.2) is 24.3 Å². The van der Waals surface area contributed by atoms with Crippen LogP contribution in [-0.4, -0.2) is 72.0 Å². The molecule has 1 aromatic carbocycles. The zero-order chi connectivity index (χ0) is 28.1. The number of benzene rings is 1. The maximum atomic E-state index is 11.5. The molecule has 0 unspecified atom stereocenters. The predicted molar refractivity (Wildman–Crippen MR) is 157 cm³/mol. The van der Waals surface area contributed by atoms with Gasteiger partial charge >= 0.3 is 5.97 Å². The maximum absolute atomic E-state index is 11.5. The van der Waals surface area contributed by atoms with Gasteiger partial charge in [-0.05, 0) is 37.0 Å². The van der Waals surface area contributed by atoms with E-state index in [2.05, 4.69) is 38.1 Å². The van der Waals surface area contributed by atoms with E-state index in [4.69, 9.17) is 28.4 Å². The van der Waals surface area contributed by atoms with Gasteiger partial charge in [-0.2, -0.15) is 0 Å². The van der Waals surface area contributed by atoms with Crippen molar-refractivity contribution in [2.24, 2.45) is 0 Å². The first-order valence-electron chi connectivity index (χ1n) is 15.4. The van der Waals surface area contributed by atoms with Gasteiger partial charge in [-0.15, -0.1) is 0 Å². The Morgan fingerprint density at radius 1 is 0.538 bits per heavy atom. The summed E-state index contributed by atoms with van der Waals surface area (Å²) >= 11 is 0. The van der Waals surface area contributed by atoms with Crippen molar-refractivity contribution in [1.82, 2.24) is 0 Å². The molecule has 0 radical (unpaired) electrons. The highest BCUT2D eigenvalue weighted by Gasteiger charge is 2.02. The van der Waals surface area contributed by atoms with Gasteiger partial charge < -0.3 is 28.4 Å². The fraction of sp³-hybridized carbons (Fsp3) is 0.781. The Kier molecular flexibility index (Phi) is 25.3. The molecule has 0 aliphatic rings. The van der Waals surface area contributed by atoms with Gasteiger partial charge in [-0.1, -0.05) is 83.8 Å². The van der Waals surface area contributed by atoms with Crippen LogP contribution in [0.5, 0.6) is 5.75 Å². The summed E-state index contributed by atoms with van der Waals surface area (Å²) in [7, 11) is 0. The lowest BCUT2D eigenvalue weighted by atomic mass is 10.0. The van der Waals surface area contributed by atoms with Gasteiger partial charge in [-0.25, -0.2) is 0 Å². The highest BCUT2D eigenvalue weighted by molar-refractivity contribution is 5.69. The summed E-state index contributed by atoms with van der Waals surface area (Å²) in [6, 6.07) is 8.44. The van der Waals surface area contributed by atoms with Crippen LogP contribution in [0.1, 0.15) is 96.5 Å². The highest BCUT2D eigenvalue weighted by atomic mass is 16.6. The molecule has 226 valence electrons. The van der Waals surface area contributed by atoms with E-state index in [1.54, 1.807) is 0 Å². The molecule has 0 fully saturated rings. The van der Waals surface area contributed by atoms with E-state index in [1.165, 1.54) is 56.9 Å². The number of unbranched alkanes of at least 4 members (excludes halogenated alkanes) is 9. The second-order valence-corrected chi connectivity index (χ2v) is 9.84. The molecule has 0 aliphatic heterocycles. The van der Waals surface area contributed by atoms with Crippen molar-refractivity contribution < 1.29 is 33.2 Å². The van der Waals surface area contributed by atoms with Crippen molar-refractivity contribution in [1.29, 1.82) is 0 Å². The third-order valence-electron chi connectivity index (χ3n) is 6.33. The second kappa shape index (κ2) is 27.9. The average molecular weight is 553 g/mol. The molecule has 39 heavy (non-hydrogen) atoms. The molecule has 0 atom stereocenters. The molecule has 1 rings (SSSR count). The van der Waals surface area contributed by atoms with E-state index in [0.717, 1.165) is 31.4 Å². The maximum Gasteiger partial charge on any atom is 0.305 e. The minimum Gasteiger partial charge on any atom is -0.491 e. The fourth-order valence-corrected chi connectivity index (χ4v) is 4.00. The standard InChI is InChI=1S/C32H56O7/c1-3-5-7-9-10-11-12-14-30-16-18-31(19-17-30)38-28-26-36-24-22-34-20-21-35-23-25-37-27-29-39-32(33)15-13-8-6-4-2/h16-19H,3-15,20-29H2,1-2H3. The van der Waals surface area contributed by atoms with E-state index in [-0.39, 0.29) is 5.97 Å². The van der Waals surface area contributed by atoms with Crippen LogP contribution in [0.2, 0.25) is 0 Å². The lowest BCUT2D eigenvalue weighted by molar-refractivity contribution is -0.145. The van der Waals surface area contributed by atoms with Gasteiger partial charge in [0.25, 0.3) is 0 Å². The first kappa shape index (κ1) is 35.4. The number of aryl methyl sites for hydroxylation is 1. The average Bonchev–Trinajstić information content (AvgIpc) is 2.95. The SMILES string of the molecule is CCCCCCCCCc1ccc(OCCOCCOCCOCCOCCOC(=O)CCCCCC)cc1. The number of esters is 1. The summed E-state index contributed by atoms with van der Waals surface area (Å²) in [6.45, 7) is 9.20. The number of rotatable bonds is 29. The third-order valence-corrected chi connectivity index (χ3v) is 6.33. The zero-order valence-corrected chi connectivity index (χ0v) is 24.9. The largest absolute Gasteiger partial charge is 0.491 e. The van der Waals surface area contributed by atoms with Crippen LogP contribution in [0.3, 0.4) is 0 Å². The molecule has 0 aliphatic carbocycles. The quantitative estimate of drug-likeness (QED) is 0.0787. The van der Waals surface area contributed by atoms with E-state index in [0.29, 0.717) is 72.5 Å². The van der Waals surface area contributed by atoms with E-state index in [1.807, 2.05) is 0 Å². The summed E-state index contributed by atoms with van der Waals surface area (Å²) in [6.07, 6.45) is 15.3. The Morgan fingerprint density at radius 3 is 1.56 bits per heavy atom. The Morgan fingerprint density at radius 2 is 1.00 bits per heavy atom. The molecule has 0 spiro atoms. The lowest BCUT2D eigenvalue weighted by Crippen LogP contribution is -2.15. The summed E-state index contributed by atoms with van der Waals surface area (Å²) in [4.78, 5) is 11.5. The minimum atomic E-state index is -0.140. The smallest absolute Gasteiger partial charge is 0.305 e. The molecular formula is C32H56O7. The van der Waals surface area contributed by atoms with Gasteiger partial charge in [0.05, 0.1) is 52.9 Å². The second-order valence-electron chi connectivity index (χ2n) is 9.84. The van der Waals surface area contributed by atoms with Crippen molar-refractivity contribution in [3.63, 3.8) is 0 Å². The van der Waals surface area contributed by atoms with Crippen LogP contribution in [0.25, 0.3) is 0 Å². The molecule has 0 heterocycles. The Balaban J connectivity index is 1.80. The Hall–Kier alpha value is -1.67. The van der Waals surface area contributed by atoms with Crippen LogP contribution in [0.4, 0.5) is 0 Å². The van der Waals surface area contributed by atoms with Crippen molar-refractivity contribution in [3.05, 3.63) is 29.8 Å². The summed E-state index contributed by atoms with van der Waals surface area (Å²) < 4.78 is 32.8. The molecule has 0 aromatic heterocycles. The van der Waals surface area contributed by atoms with Gasteiger partial charge in [0.2, 0.25) is 0 Å². The third kappa shape index (κ3) is 23.9. The van der Waals surface area contributed by atoms with E-state index >= 15 is 0 Å². The molecule has 0 amide bonds. The first-order chi connectivity index (χ1) is 19.3. The molecular weight excluding hydrogens is 496 g/mol. The number of carbonyl (C=O) groups excluding carboxylic acids is 1. The minimum absolute atomic E-state index is 0.140. The number of hydrogen-bond donors (Lipinski definition) is 0. The lowest BCUT2D eigenvalue weighted by Gasteiger charge is -2.09. The molecule has 0 N–H and O–H groups in total. The summed E-state index contributed by atoms with van der Waals surface area (Å²) in [5, 5.41) is 0. The first-order valence-corrected chi connectivity index (χ1v) is 15.4. The van der Waals surface area contributed by atoms with Gasteiger partial charge in [-0.3, -0.25) is 4.79 Å². The van der Waals surface area contributed by atoms with Gasteiger partial charge in [0, 0.05) is 6.42 Å². The normalized spacial score (nSPS) is 11.1. The summed E-state index contributed by atoms with van der Waals surface area (Å²) in [5.41, 5.74) is 1.38. The Labute approximate surface area is 238 Å². The number of ether oxygens (including phenoxy) is 6. The van der Waals surface area contributed by atoms with Crippen molar-refractivity contribution in [2.45, 2.75) is 97.3 Å². The van der Waals surface area contributed by atoms with Crippen LogP contribution >= 0.6 is 0 Å². The highest BCUT2D eigenvalue weighted by Crippen LogP contribution is 2.15. The predicted octanol–water partition coefficient (Wildman–Crippen LogP) is 6.94. The van der Waals surface area contributed by atoms with E-state index < -0.39 is 0 Å². The topological polar surface area (TPSA) is 72.5 Å². The number of carbonyl (C=O) groups is 1. The van der Waals surface area contributed by atoms with Crippen molar-refractivity contribution in [2.75, 3.05) is 66.1 Å². The van der Waals surface area contributed by atoms with Crippen LogP contribution in [0, 0.1) is 0 Å². The van der Waals surface area contributed by atoms with Gasteiger partial charge in [0.15, 0.2) is 0 Å². The molecule has 1 aromatic rings. The molecule has 7 heteroatoms. The van der Waals surface area contributed by atoms with Gasteiger partial charge in [0.1, 0.15) is 19.0 Å². The van der Waals surface area contributed by atoms with E-state index in [9.17, 15) is 4.79 Å². The Bertz CT molecular complexity index is 650. The zero-order valence-electron chi connectivity index (χ0n) is 24.9. The molecule has 0 saturated heterocycles. The van der Waals surface area contributed by atoms with Crippen molar-refractivity contribution >= 4 is 5.97 Å². The van der Waals surface area contributed by atoms with Crippen LogP contribution < -0.4 is 4.74 Å². The monoisotopic (exact) mass is 552 g/mol.